The average Bonchev–Trinajstić information content (AvgIpc) is 2.46. The molecule has 106 valence electrons. The fourth-order valence-electron chi connectivity index (χ4n) is 1.84. The molecule has 0 radical (unpaired) electrons. The predicted octanol–water partition coefficient (Wildman–Crippen LogP) is 4.49. The molecule has 0 aromatic heterocycles. The van der Waals surface area contributed by atoms with Crippen molar-refractivity contribution in [2.75, 3.05) is 5.32 Å². The van der Waals surface area contributed by atoms with Crippen molar-refractivity contribution in [3.8, 4) is 6.07 Å². The Hall–Kier alpha value is -2.10. The van der Waals surface area contributed by atoms with Crippen LogP contribution in [-0.2, 0) is 6.54 Å². The molecule has 0 aliphatic heterocycles. The molecule has 0 atom stereocenters. The normalized spacial score (nSPS) is 9.95. The third kappa shape index (κ3) is 3.51. The minimum absolute atomic E-state index is 0.0504. The zero-order chi connectivity index (χ0) is 15.4. The maximum Gasteiger partial charge on any atom is 0.275 e. The Balaban J connectivity index is 2.29. The molecule has 0 amide bonds. The molecule has 2 aromatic rings. The summed E-state index contributed by atoms with van der Waals surface area (Å²) in [4.78, 5) is 10.5. The van der Waals surface area contributed by atoms with Gasteiger partial charge in [0.15, 0.2) is 0 Å². The van der Waals surface area contributed by atoms with Crippen molar-refractivity contribution in [1.82, 2.24) is 0 Å². The maximum absolute atomic E-state index is 11.0. The first-order valence-corrected chi connectivity index (χ1v) is 7.05. The van der Waals surface area contributed by atoms with E-state index in [0.717, 1.165) is 4.47 Å². The predicted molar refractivity (Wildman–Crippen MR) is 84.3 cm³/mol. The number of nitro benzene ring substituents is 1. The van der Waals surface area contributed by atoms with E-state index < -0.39 is 4.92 Å². The molecule has 5 nitrogen and oxygen atoms in total. The quantitative estimate of drug-likeness (QED) is 0.638. The van der Waals surface area contributed by atoms with Crippen LogP contribution in [0, 0.1) is 21.4 Å². The first kappa shape index (κ1) is 15.3. The Morgan fingerprint density at radius 1 is 1.38 bits per heavy atom. The van der Waals surface area contributed by atoms with Gasteiger partial charge in [0.05, 0.1) is 26.8 Å². The van der Waals surface area contributed by atoms with Crippen LogP contribution in [0.15, 0.2) is 40.9 Å². The molecule has 0 fully saturated rings. The SMILES string of the molecule is N#Cc1cc(Br)ccc1NCc1c(Cl)cccc1[N+](=O)[O-]. The molecule has 0 unspecified atom stereocenters. The molecular formula is C14H9BrClN3O2. The van der Waals surface area contributed by atoms with E-state index in [4.69, 9.17) is 16.9 Å². The van der Waals surface area contributed by atoms with Crippen molar-refractivity contribution in [2.45, 2.75) is 6.54 Å². The zero-order valence-corrected chi connectivity index (χ0v) is 13.0. The van der Waals surface area contributed by atoms with Gasteiger partial charge in [0.1, 0.15) is 6.07 Å². The van der Waals surface area contributed by atoms with Gasteiger partial charge >= 0.3 is 0 Å². The Morgan fingerprint density at radius 2 is 2.14 bits per heavy atom. The molecule has 0 aliphatic carbocycles. The second-order valence-corrected chi connectivity index (χ2v) is 5.47. The molecule has 0 bridgehead atoms. The van der Waals surface area contributed by atoms with Crippen LogP contribution in [-0.4, -0.2) is 4.92 Å². The largest absolute Gasteiger partial charge is 0.380 e. The lowest BCUT2D eigenvalue weighted by Gasteiger charge is -2.10. The number of nitrogens with zero attached hydrogens (tertiary/aromatic N) is 2. The van der Waals surface area contributed by atoms with Crippen LogP contribution < -0.4 is 5.32 Å². The van der Waals surface area contributed by atoms with Crippen LogP contribution in [0.2, 0.25) is 5.02 Å². The van der Waals surface area contributed by atoms with Gasteiger partial charge in [-0.25, -0.2) is 0 Å². The van der Waals surface area contributed by atoms with Gasteiger partial charge in [0.2, 0.25) is 0 Å². The number of hydrogen-bond acceptors (Lipinski definition) is 4. The summed E-state index contributed by atoms with van der Waals surface area (Å²) in [6, 6.07) is 11.8. The summed E-state index contributed by atoms with van der Waals surface area (Å²) < 4.78 is 0.785. The van der Waals surface area contributed by atoms with Gasteiger partial charge in [-0.3, -0.25) is 10.1 Å². The first-order chi connectivity index (χ1) is 10.0. The van der Waals surface area contributed by atoms with Crippen LogP contribution in [0.4, 0.5) is 11.4 Å². The third-order valence-corrected chi connectivity index (χ3v) is 3.70. The van der Waals surface area contributed by atoms with Crippen LogP contribution in [0.3, 0.4) is 0 Å². The molecule has 7 heteroatoms. The zero-order valence-electron chi connectivity index (χ0n) is 10.6. The lowest BCUT2D eigenvalue weighted by molar-refractivity contribution is -0.385. The van der Waals surface area contributed by atoms with Crippen molar-refractivity contribution in [3.05, 3.63) is 67.1 Å². The number of nitrogens with one attached hydrogen (secondary N) is 1. The van der Waals surface area contributed by atoms with Crippen molar-refractivity contribution in [1.29, 1.82) is 5.26 Å². The molecular weight excluding hydrogens is 358 g/mol. The van der Waals surface area contributed by atoms with Gasteiger partial charge in [0, 0.05) is 17.1 Å². The summed E-state index contributed by atoms with van der Waals surface area (Å²) in [5, 5.41) is 23.4. The van der Waals surface area contributed by atoms with Gasteiger partial charge in [0.25, 0.3) is 5.69 Å². The topological polar surface area (TPSA) is 79.0 Å². The van der Waals surface area contributed by atoms with Crippen molar-refractivity contribution in [2.24, 2.45) is 0 Å². The third-order valence-electron chi connectivity index (χ3n) is 2.85. The molecule has 1 N–H and O–H groups in total. The van der Waals surface area contributed by atoms with Crippen LogP contribution in [0.1, 0.15) is 11.1 Å². The van der Waals surface area contributed by atoms with E-state index >= 15 is 0 Å². The highest BCUT2D eigenvalue weighted by Crippen LogP contribution is 2.28. The Bertz CT molecular complexity index is 743. The Labute approximate surface area is 134 Å². The van der Waals surface area contributed by atoms with Crippen LogP contribution in [0.5, 0.6) is 0 Å². The first-order valence-electron chi connectivity index (χ1n) is 5.88. The summed E-state index contributed by atoms with van der Waals surface area (Å²) in [5.41, 5.74) is 1.37. The lowest BCUT2D eigenvalue weighted by Crippen LogP contribution is -2.05. The van der Waals surface area contributed by atoms with Crippen molar-refractivity contribution >= 4 is 38.9 Å². The molecule has 0 saturated heterocycles. The molecule has 0 saturated carbocycles. The number of nitro groups is 1. The average molecular weight is 367 g/mol. The summed E-state index contributed by atoms with van der Waals surface area (Å²) in [6.07, 6.45) is 0. The monoisotopic (exact) mass is 365 g/mol. The van der Waals surface area contributed by atoms with E-state index in [1.807, 2.05) is 0 Å². The smallest absolute Gasteiger partial charge is 0.275 e. The summed E-state index contributed by atoms with van der Waals surface area (Å²) in [6.45, 7) is 0.159. The maximum atomic E-state index is 11.0. The number of halogens is 2. The summed E-state index contributed by atoms with van der Waals surface area (Å²) >= 11 is 9.31. The molecule has 0 spiro atoms. The number of benzene rings is 2. The fraction of sp³-hybridized carbons (Fsp3) is 0.0714. The van der Waals surface area contributed by atoms with Gasteiger partial charge < -0.3 is 5.32 Å². The van der Waals surface area contributed by atoms with Gasteiger partial charge in [-0.1, -0.05) is 33.6 Å². The highest BCUT2D eigenvalue weighted by atomic mass is 79.9. The highest BCUT2D eigenvalue weighted by Gasteiger charge is 2.16. The van der Waals surface area contributed by atoms with Gasteiger partial charge in [-0.2, -0.15) is 5.26 Å². The number of nitriles is 1. The second-order valence-electron chi connectivity index (χ2n) is 4.15. The van der Waals surface area contributed by atoms with E-state index in [2.05, 4.69) is 27.3 Å². The Kier molecular flexibility index (Phi) is 4.78. The van der Waals surface area contributed by atoms with Crippen molar-refractivity contribution < 1.29 is 4.92 Å². The van der Waals surface area contributed by atoms with Crippen LogP contribution in [0.25, 0.3) is 0 Å². The lowest BCUT2D eigenvalue weighted by atomic mass is 10.1. The number of rotatable bonds is 4. The van der Waals surface area contributed by atoms with E-state index in [9.17, 15) is 10.1 Å². The highest BCUT2D eigenvalue weighted by molar-refractivity contribution is 9.10. The fourth-order valence-corrected chi connectivity index (χ4v) is 2.44. The van der Waals surface area contributed by atoms with E-state index in [1.165, 1.54) is 12.1 Å². The second kappa shape index (κ2) is 6.57. The minimum atomic E-state index is -0.477. The van der Waals surface area contributed by atoms with Crippen LogP contribution >= 0.6 is 27.5 Å². The number of anilines is 1. The van der Waals surface area contributed by atoms with E-state index in [0.29, 0.717) is 21.8 Å². The van der Waals surface area contributed by atoms with Gasteiger partial charge in [-0.05, 0) is 24.3 Å². The summed E-state index contributed by atoms with van der Waals surface area (Å²) in [5.74, 6) is 0. The minimum Gasteiger partial charge on any atom is -0.380 e. The standard InChI is InChI=1S/C14H9BrClN3O2/c15-10-4-5-13(9(6-10)7-17)18-8-11-12(16)2-1-3-14(11)19(20)21/h1-6,18H,8H2. The molecule has 0 heterocycles. The van der Waals surface area contributed by atoms with Crippen molar-refractivity contribution in [3.63, 3.8) is 0 Å². The molecule has 0 aliphatic rings. The molecule has 2 rings (SSSR count). The van der Waals surface area contributed by atoms with E-state index in [1.54, 1.807) is 24.3 Å². The molecule has 2 aromatic carbocycles. The van der Waals surface area contributed by atoms with Gasteiger partial charge in [-0.15, -0.1) is 0 Å². The number of hydrogen-bond donors (Lipinski definition) is 1. The summed E-state index contributed by atoms with van der Waals surface area (Å²) in [7, 11) is 0. The molecule has 21 heavy (non-hydrogen) atoms. The Morgan fingerprint density at radius 3 is 2.81 bits per heavy atom. The van der Waals surface area contributed by atoms with E-state index in [-0.39, 0.29) is 12.2 Å².